The molecule has 21 heavy (non-hydrogen) atoms. The van der Waals surface area contributed by atoms with Crippen LogP contribution in [0.2, 0.25) is 0 Å². The number of rotatable bonds is 6. The highest BCUT2D eigenvalue weighted by molar-refractivity contribution is 7.73. The molecule has 2 aromatic carbocycles. The highest BCUT2D eigenvalue weighted by atomic mass is 31.2. The predicted octanol–water partition coefficient (Wildman–Crippen LogP) is 4.44. The van der Waals surface area contributed by atoms with Crippen LogP contribution in [0.3, 0.4) is 0 Å². The van der Waals surface area contributed by atoms with Gasteiger partial charge < -0.3 is 9.05 Å². The molecule has 0 saturated carbocycles. The van der Waals surface area contributed by atoms with Gasteiger partial charge in [-0.2, -0.15) is 0 Å². The van der Waals surface area contributed by atoms with Gasteiger partial charge in [-0.1, -0.05) is 43.0 Å². The van der Waals surface area contributed by atoms with Gasteiger partial charge in [0.25, 0.3) is 5.52 Å². The SMILES string of the molecule is C=C(C)C(=O)P(=O)(Oc1ccccc1)Oc1ccccc1. The standard InChI is InChI=1S/C16H15O4P/c1-13(2)16(17)21(18,19-14-9-5-3-6-10-14)20-15-11-7-4-8-12-15/h3-12H,1H2,2H3. The van der Waals surface area contributed by atoms with Crippen molar-refractivity contribution in [1.29, 1.82) is 0 Å². The van der Waals surface area contributed by atoms with Gasteiger partial charge in [0.05, 0.1) is 0 Å². The topological polar surface area (TPSA) is 52.6 Å². The van der Waals surface area contributed by atoms with E-state index in [-0.39, 0.29) is 5.57 Å². The van der Waals surface area contributed by atoms with Crippen molar-refractivity contribution in [2.75, 3.05) is 0 Å². The Morgan fingerprint density at radius 2 is 1.29 bits per heavy atom. The van der Waals surface area contributed by atoms with Crippen molar-refractivity contribution in [2.24, 2.45) is 0 Å². The largest absolute Gasteiger partial charge is 0.503 e. The van der Waals surface area contributed by atoms with Gasteiger partial charge in [0, 0.05) is 5.57 Å². The van der Waals surface area contributed by atoms with Crippen LogP contribution in [0.5, 0.6) is 11.5 Å². The fourth-order valence-electron chi connectivity index (χ4n) is 1.58. The Kier molecular flexibility index (Phi) is 4.61. The molecule has 0 fully saturated rings. The van der Waals surface area contributed by atoms with E-state index < -0.39 is 13.1 Å². The second kappa shape index (κ2) is 6.42. The average Bonchev–Trinajstić information content (AvgIpc) is 2.48. The molecular formula is C16H15O4P. The zero-order valence-electron chi connectivity index (χ0n) is 11.6. The second-order valence-corrected chi connectivity index (χ2v) is 6.16. The third-order valence-electron chi connectivity index (χ3n) is 2.55. The van der Waals surface area contributed by atoms with Gasteiger partial charge >= 0.3 is 7.60 Å². The summed E-state index contributed by atoms with van der Waals surface area (Å²) in [5.41, 5.74) is -0.625. The van der Waals surface area contributed by atoms with Crippen LogP contribution in [0.1, 0.15) is 6.92 Å². The maximum Gasteiger partial charge on any atom is 0.503 e. The van der Waals surface area contributed by atoms with Crippen LogP contribution in [-0.4, -0.2) is 5.52 Å². The molecule has 0 aliphatic rings. The summed E-state index contributed by atoms with van der Waals surface area (Å²) in [6.45, 7) is 4.99. The third kappa shape index (κ3) is 3.83. The van der Waals surface area contributed by atoms with Crippen molar-refractivity contribution in [1.82, 2.24) is 0 Å². The van der Waals surface area contributed by atoms with E-state index in [4.69, 9.17) is 9.05 Å². The van der Waals surface area contributed by atoms with Gasteiger partial charge in [0.15, 0.2) is 0 Å². The van der Waals surface area contributed by atoms with Crippen LogP contribution >= 0.6 is 7.60 Å². The molecule has 0 aliphatic heterocycles. The molecule has 0 bridgehead atoms. The van der Waals surface area contributed by atoms with Crippen LogP contribution in [0.25, 0.3) is 0 Å². The molecule has 0 atom stereocenters. The summed E-state index contributed by atoms with van der Waals surface area (Å²) in [7, 11) is -4.05. The summed E-state index contributed by atoms with van der Waals surface area (Å²) in [4.78, 5) is 12.2. The lowest BCUT2D eigenvalue weighted by atomic mass is 10.3. The molecule has 0 aromatic heterocycles. The maximum absolute atomic E-state index is 12.8. The first-order valence-corrected chi connectivity index (χ1v) is 7.85. The van der Waals surface area contributed by atoms with Crippen molar-refractivity contribution in [3.8, 4) is 11.5 Å². The Hall–Kier alpha value is -2.32. The van der Waals surface area contributed by atoms with E-state index in [0.717, 1.165) is 0 Å². The second-order valence-electron chi connectivity index (χ2n) is 4.39. The monoisotopic (exact) mass is 302 g/mol. The van der Waals surface area contributed by atoms with E-state index in [9.17, 15) is 9.36 Å². The minimum Gasteiger partial charge on any atom is -0.411 e. The molecule has 2 aromatic rings. The van der Waals surface area contributed by atoms with Crippen LogP contribution in [0, 0.1) is 0 Å². The Labute approximate surface area is 123 Å². The third-order valence-corrected chi connectivity index (χ3v) is 4.33. The lowest BCUT2D eigenvalue weighted by Crippen LogP contribution is -2.12. The molecule has 0 N–H and O–H groups in total. The van der Waals surface area contributed by atoms with E-state index in [1.165, 1.54) is 6.92 Å². The lowest BCUT2D eigenvalue weighted by molar-refractivity contribution is -0.109. The molecule has 0 radical (unpaired) electrons. The number of allylic oxidation sites excluding steroid dienone is 1. The van der Waals surface area contributed by atoms with Crippen molar-refractivity contribution in [3.05, 3.63) is 72.8 Å². The Balaban J connectivity index is 2.33. The van der Waals surface area contributed by atoms with E-state index >= 15 is 0 Å². The van der Waals surface area contributed by atoms with Crippen molar-refractivity contribution in [2.45, 2.75) is 6.92 Å². The molecule has 0 unspecified atom stereocenters. The van der Waals surface area contributed by atoms with Gasteiger partial charge in [-0.25, -0.2) is 4.57 Å². The quantitative estimate of drug-likeness (QED) is 0.584. The number of benzene rings is 2. The first-order valence-electron chi connectivity index (χ1n) is 6.31. The average molecular weight is 302 g/mol. The molecule has 5 heteroatoms. The first kappa shape index (κ1) is 15.1. The van der Waals surface area contributed by atoms with E-state index in [0.29, 0.717) is 11.5 Å². The molecule has 2 rings (SSSR count). The summed E-state index contributed by atoms with van der Waals surface area (Å²) in [6, 6.07) is 16.9. The van der Waals surface area contributed by atoms with Crippen LogP contribution in [-0.2, 0) is 9.36 Å². The predicted molar refractivity (Wildman–Crippen MR) is 81.6 cm³/mol. The fourth-order valence-corrected chi connectivity index (χ4v) is 3.04. The fraction of sp³-hybridized carbons (Fsp3) is 0.0625. The van der Waals surface area contributed by atoms with Crippen molar-refractivity contribution < 1.29 is 18.4 Å². The summed E-state index contributed by atoms with van der Waals surface area (Å²) < 4.78 is 23.5. The summed E-state index contributed by atoms with van der Waals surface area (Å²) in [5, 5.41) is 0. The Bertz CT molecular complexity index is 634. The number of hydrogen-bond donors (Lipinski definition) is 0. The van der Waals surface area contributed by atoms with Crippen molar-refractivity contribution in [3.63, 3.8) is 0 Å². The van der Waals surface area contributed by atoms with Crippen LogP contribution < -0.4 is 9.05 Å². The van der Waals surface area contributed by atoms with E-state index in [1.54, 1.807) is 60.7 Å². The Morgan fingerprint density at radius 1 is 0.905 bits per heavy atom. The highest BCUT2D eigenvalue weighted by Gasteiger charge is 2.38. The highest BCUT2D eigenvalue weighted by Crippen LogP contribution is 2.50. The molecule has 0 aliphatic carbocycles. The zero-order valence-corrected chi connectivity index (χ0v) is 12.5. The van der Waals surface area contributed by atoms with Gasteiger partial charge in [-0.15, -0.1) is 0 Å². The molecular weight excluding hydrogens is 287 g/mol. The van der Waals surface area contributed by atoms with Crippen molar-refractivity contribution >= 4 is 13.1 Å². The lowest BCUT2D eigenvalue weighted by Gasteiger charge is -2.18. The number of carbonyl (C=O) groups excluding carboxylic acids is 1. The number of hydrogen-bond acceptors (Lipinski definition) is 4. The maximum atomic E-state index is 12.8. The zero-order chi connectivity index (χ0) is 15.3. The summed E-state index contributed by atoms with van der Waals surface area (Å²) in [5.74, 6) is 0.595. The summed E-state index contributed by atoms with van der Waals surface area (Å²) >= 11 is 0. The molecule has 0 heterocycles. The molecule has 108 valence electrons. The van der Waals surface area contributed by atoms with Gasteiger partial charge in [0.1, 0.15) is 11.5 Å². The van der Waals surface area contributed by atoms with Gasteiger partial charge in [0.2, 0.25) is 0 Å². The smallest absolute Gasteiger partial charge is 0.411 e. The number of para-hydroxylation sites is 2. The molecule has 0 amide bonds. The Morgan fingerprint density at radius 3 is 1.62 bits per heavy atom. The van der Waals surface area contributed by atoms with E-state index in [2.05, 4.69) is 6.58 Å². The van der Waals surface area contributed by atoms with E-state index in [1.807, 2.05) is 0 Å². The normalized spacial score (nSPS) is 10.7. The summed E-state index contributed by atoms with van der Waals surface area (Å²) in [6.07, 6.45) is 0. The van der Waals surface area contributed by atoms with Crippen LogP contribution in [0.4, 0.5) is 0 Å². The van der Waals surface area contributed by atoms with Gasteiger partial charge in [-0.3, -0.25) is 4.79 Å². The molecule has 0 spiro atoms. The first-order chi connectivity index (χ1) is 10.0. The minimum atomic E-state index is -4.05. The molecule has 4 nitrogen and oxygen atoms in total. The number of carbonyl (C=O) groups is 1. The minimum absolute atomic E-state index is 0.116. The molecule has 0 saturated heterocycles. The van der Waals surface area contributed by atoms with Crippen LogP contribution in [0.15, 0.2) is 72.8 Å². The van der Waals surface area contributed by atoms with Gasteiger partial charge in [-0.05, 0) is 31.2 Å².